The van der Waals surface area contributed by atoms with Gasteiger partial charge in [-0.15, -0.1) is 0 Å². The van der Waals surface area contributed by atoms with Crippen LogP contribution in [-0.4, -0.2) is 81.0 Å². The molecule has 2 aliphatic rings. The van der Waals surface area contributed by atoms with Crippen molar-refractivity contribution >= 4 is 16.2 Å². The number of alkyl carbamates (subject to hydrolysis) is 1. The van der Waals surface area contributed by atoms with E-state index in [0.717, 1.165) is 38.3 Å². The molecular weight excluding hydrogens is 434 g/mol. The summed E-state index contributed by atoms with van der Waals surface area (Å²) in [6.07, 6.45) is 0.227. The van der Waals surface area contributed by atoms with Gasteiger partial charge in [0.2, 0.25) is 0 Å². The molecule has 0 aromatic heterocycles. The SMILES string of the molecule is CC(C)(C)OC(=O)NCCN1CC2CNCC(C1)O2.Cc1cc(C)c(S(=O)(=O)O)c(C)c1. The molecule has 3 N–H and O–H groups in total. The summed E-state index contributed by atoms with van der Waals surface area (Å²) < 4.78 is 41.8. The van der Waals surface area contributed by atoms with E-state index in [1.165, 1.54) is 0 Å². The van der Waals surface area contributed by atoms with Gasteiger partial charge >= 0.3 is 6.09 Å². The zero-order valence-corrected chi connectivity index (χ0v) is 20.7. The van der Waals surface area contributed by atoms with Crippen molar-refractivity contribution in [2.75, 3.05) is 39.3 Å². The molecule has 2 bridgehead atoms. The maximum atomic E-state index is 11.5. The van der Waals surface area contributed by atoms with E-state index in [0.29, 0.717) is 17.7 Å². The maximum Gasteiger partial charge on any atom is 0.407 e. The van der Waals surface area contributed by atoms with Gasteiger partial charge < -0.3 is 20.1 Å². The Kier molecular flexibility index (Phi) is 9.06. The summed E-state index contributed by atoms with van der Waals surface area (Å²) in [5.74, 6) is 0. The van der Waals surface area contributed by atoms with Gasteiger partial charge in [-0.1, -0.05) is 17.7 Å². The Bertz CT molecular complexity index is 862. The average Bonchev–Trinajstić information content (AvgIpc) is 2.58. The molecule has 2 heterocycles. The monoisotopic (exact) mass is 471 g/mol. The van der Waals surface area contributed by atoms with E-state index in [1.54, 1.807) is 26.0 Å². The number of rotatable bonds is 4. The van der Waals surface area contributed by atoms with Crippen molar-refractivity contribution in [1.29, 1.82) is 0 Å². The summed E-state index contributed by atoms with van der Waals surface area (Å²) in [4.78, 5) is 13.9. The highest BCUT2D eigenvalue weighted by Crippen LogP contribution is 2.21. The highest BCUT2D eigenvalue weighted by molar-refractivity contribution is 7.86. The number of carbonyl (C=O) groups is 1. The Morgan fingerprint density at radius 2 is 1.72 bits per heavy atom. The van der Waals surface area contributed by atoms with Gasteiger partial charge in [0, 0.05) is 39.3 Å². The Morgan fingerprint density at radius 1 is 1.19 bits per heavy atom. The van der Waals surface area contributed by atoms with Crippen LogP contribution < -0.4 is 10.6 Å². The number of ether oxygens (including phenoxy) is 2. The molecule has 2 unspecified atom stereocenters. The number of fused-ring (bicyclic) bond motifs is 2. The molecule has 2 atom stereocenters. The molecule has 32 heavy (non-hydrogen) atoms. The van der Waals surface area contributed by atoms with Gasteiger partial charge in [-0.2, -0.15) is 8.42 Å². The average molecular weight is 472 g/mol. The quantitative estimate of drug-likeness (QED) is 0.571. The summed E-state index contributed by atoms with van der Waals surface area (Å²) in [7, 11) is -4.08. The lowest BCUT2D eigenvalue weighted by atomic mass is 10.1. The molecule has 1 amide bonds. The largest absolute Gasteiger partial charge is 0.444 e. The third kappa shape index (κ3) is 8.67. The van der Waals surface area contributed by atoms with Crippen molar-refractivity contribution in [3.63, 3.8) is 0 Å². The topological polar surface area (TPSA) is 117 Å². The van der Waals surface area contributed by atoms with Gasteiger partial charge in [0.15, 0.2) is 0 Å². The number of carbonyl (C=O) groups excluding carboxylic acids is 1. The van der Waals surface area contributed by atoms with E-state index in [2.05, 4.69) is 15.5 Å². The normalized spacial score (nSPS) is 21.3. The van der Waals surface area contributed by atoms with E-state index < -0.39 is 15.7 Å². The predicted octanol–water partition coefficient (Wildman–Crippen LogP) is 2.04. The van der Waals surface area contributed by atoms with Gasteiger partial charge in [-0.05, 0) is 52.7 Å². The van der Waals surface area contributed by atoms with E-state index in [9.17, 15) is 13.2 Å². The van der Waals surface area contributed by atoms with E-state index in [4.69, 9.17) is 14.0 Å². The van der Waals surface area contributed by atoms with Crippen LogP contribution in [0, 0.1) is 20.8 Å². The minimum atomic E-state index is -4.08. The first-order chi connectivity index (χ1) is 14.7. The molecule has 2 saturated heterocycles. The van der Waals surface area contributed by atoms with Crippen molar-refractivity contribution in [2.45, 2.75) is 64.2 Å². The lowest BCUT2D eigenvalue weighted by Crippen LogP contribution is -2.59. The third-order valence-corrected chi connectivity index (χ3v) is 6.17. The second kappa shape index (κ2) is 10.9. The fraction of sp³-hybridized carbons (Fsp3) is 0.682. The first-order valence-corrected chi connectivity index (χ1v) is 12.3. The van der Waals surface area contributed by atoms with Gasteiger partial charge in [0.25, 0.3) is 10.1 Å². The molecule has 2 fully saturated rings. The number of morpholine rings is 2. The number of hydrogen-bond acceptors (Lipinski definition) is 7. The molecule has 3 rings (SSSR count). The minimum absolute atomic E-state index is 0.0260. The molecule has 9 nitrogen and oxygen atoms in total. The number of nitrogens with zero attached hydrogens (tertiary/aromatic N) is 1. The van der Waals surface area contributed by atoms with E-state index in [-0.39, 0.29) is 23.2 Å². The first kappa shape index (κ1) is 26.5. The first-order valence-electron chi connectivity index (χ1n) is 10.9. The van der Waals surface area contributed by atoms with Crippen LogP contribution in [0.15, 0.2) is 17.0 Å². The van der Waals surface area contributed by atoms with Gasteiger partial charge in [-0.3, -0.25) is 9.45 Å². The van der Waals surface area contributed by atoms with Gasteiger partial charge in [-0.25, -0.2) is 4.79 Å². The van der Waals surface area contributed by atoms with E-state index in [1.807, 2.05) is 27.7 Å². The molecule has 0 radical (unpaired) electrons. The third-order valence-electron chi connectivity index (χ3n) is 5.01. The standard InChI is InChI=1S/C13H25N3O3.C9H12O3S/c1-13(2,3)19-12(17)15-4-5-16-8-10-6-14-7-11(9-16)18-10;1-6-4-7(2)9(8(3)5-6)13(10,11)12/h10-11,14H,4-9H2,1-3H3,(H,15,17);4-5H,1-3H3,(H,10,11,12). The summed E-state index contributed by atoms with van der Waals surface area (Å²) in [5, 5.41) is 6.16. The molecular formula is C22H37N3O6S. The maximum absolute atomic E-state index is 11.5. The van der Waals surface area contributed by atoms with Crippen LogP contribution in [0.4, 0.5) is 4.79 Å². The zero-order chi connectivity index (χ0) is 24.1. The fourth-order valence-corrected chi connectivity index (χ4v) is 4.96. The smallest absolute Gasteiger partial charge is 0.407 e. The second-order valence-corrected chi connectivity index (χ2v) is 10.8. The number of aryl methyl sites for hydroxylation is 3. The number of amides is 1. The van der Waals surface area contributed by atoms with Crippen molar-refractivity contribution in [3.8, 4) is 0 Å². The van der Waals surface area contributed by atoms with Crippen LogP contribution in [0.2, 0.25) is 0 Å². The highest BCUT2D eigenvalue weighted by atomic mass is 32.2. The van der Waals surface area contributed by atoms with Crippen LogP contribution >= 0.6 is 0 Å². The fourth-order valence-electron chi connectivity index (χ4n) is 4.03. The summed E-state index contributed by atoms with van der Waals surface area (Å²) >= 11 is 0. The number of hydrogen-bond donors (Lipinski definition) is 3. The molecule has 10 heteroatoms. The number of benzene rings is 1. The van der Waals surface area contributed by atoms with Gasteiger partial charge in [0.05, 0.1) is 17.1 Å². The van der Waals surface area contributed by atoms with Crippen molar-refractivity contribution in [3.05, 3.63) is 28.8 Å². The van der Waals surface area contributed by atoms with E-state index >= 15 is 0 Å². The highest BCUT2D eigenvalue weighted by Gasteiger charge is 2.30. The summed E-state index contributed by atoms with van der Waals surface area (Å²) in [5.41, 5.74) is 1.72. The van der Waals surface area contributed by atoms with Crippen LogP contribution in [0.25, 0.3) is 0 Å². The Morgan fingerprint density at radius 3 is 2.19 bits per heavy atom. The lowest BCUT2D eigenvalue weighted by molar-refractivity contribution is -0.102. The Labute approximate surface area is 191 Å². The minimum Gasteiger partial charge on any atom is -0.444 e. The Balaban J connectivity index is 0.000000244. The Hall–Kier alpha value is -1.72. The molecule has 0 spiro atoms. The molecule has 1 aromatic carbocycles. The van der Waals surface area contributed by atoms with Crippen molar-refractivity contribution < 1.29 is 27.2 Å². The van der Waals surface area contributed by atoms with Crippen LogP contribution in [0.5, 0.6) is 0 Å². The summed E-state index contributed by atoms with van der Waals surface area (Å²) in [6, 6.07) is 3.46. The predicted molar refractivity (Wildman–Crippen MR) is 123 cm³/mol. The van der Waals surface area contributed by atoms with Crippen molar-refractivity contribution in [2.24, 2.45) is 0 Å². The summed E-state index contributed by atoms with van der Waals surface area (Å²) in [6.45, 7) is 16.0. The molecule has 182 valence electrons. The van der Waals surface area contributed by atoms with Crippen molar-refractivity contribution in [1.82, 2.24) is 15.5 Å². The van der Waals surface area contributed by atoms with Crippen LogP contribution in [0.1, 0.15) is 37.5 Å². The second-order valence-electron chi connectivity index (χ2n) is 9.43. The molecule has 2 aliphatic heterocycles. The number of nitrogens with one attached hydrogen (secondary N) is 2. The van der Waals surface area contributed by atoms with Crippen LogP contribution in [0.3, 0.4) is 0 Å². The molecule has 0 saturated carbocycles. The van der Waals surface area contributed by atoms with Gasteiger partial charge in [0.1, 0.15) is 5.60 Å². The lowest BCUT2D eigenvalue weighted by Gasteiger charge is -2.41. The van der Waals surface area contributed by atoms with Crippen LogP contribution in [-0.2, 0) is 19.6 Å². The zero-order valence-electron chi connectivity index (χ0n) is 19.9. The molecule has 0 aliphatic carbocycles. The molecule has 1 aromatic rings.